The first kappa shape index (κ1) is 24.7. The van der Waals surface area contributed by atoms with Crippen molar-refractivity contribution in [1.82, 2.24) is 14.9 Å². The van der Waals surface area contributed by atoms with Crippen LogP contribution in [0.4, 0.5) is 5.69 Å². The lowest BCUT2D eigenvalue weighted by atomic mass is 10.1. The number of nitrogen functional groups attached to an aromatic ring is 1. The molecule has 0 aliphatic heterocycles. The Morgan fingerprint density at radius 2 is 1.63 bits per heavy atom. The second-order valence-corrected chi connectivity index (χ2v) is 8.65. The largest absolute Gasteiger partial charge is 0.493 e. The summed E-state index contributed by atoms with van der Waals surface area (Å²) in [6.07, 6.45) is 5.07. The summed E-state index contributed by atoms with van der Waals surface area (Å²) in [5.41, 5.74) is 10.8. The Bertz CT molecular complexity index is 1630. The van der Waals surface area contributed by atoms with Gasteiger partial charge in [0.05, 0.1) is 56.5 Å². The van der Waals surface area contributed by atoms with Crippen LogP contribution >= 0.6 is 0 Å². The molecule has 3 aromatic carbocycles. The number of methoxy groups -OCH3 is 3. The molecule has 0 fully saturated rings. The fourth-order valence-electron chi connectivity index (χ4n) is 4.50. The Hall–Kier alpha value is -4.98. The van der Waals surface area contributed by atoms with Gasteiger partial charge in [0.2, 0.25) is 11.7 Å². The molecule has 2 aromatic heterocycles. The van der Waals surface area contributed by atoms with E-state index < -0.39 is 0 Å². The summed E-state index contributed by atoms with van der Waals surface area (Å²) in [6, 6.07) is 21.3. The van der Waals surface area contributed by atoms with E-state index in [1.54, 1.807) is 39.5 Å². The highest BCUT2D eigenvalue weighted by Crippen LogP contribution is 2.41. The Balaban J connectivity index is 1.48. The van der Waals surface area contributed by atoms with Crippen LogP contribution in [0.5, 0.6) is 17.2 Å². The van der Waals surface area contributed by atoms with Gasteiger partial charge in [-0.05, 0) is 35.9 Å². The highest BCUT2D eigenvalue weighted by Gasteiger charge is 2.18. The smallest absolute Gasteiger partial charge is 0.244 e. The quantitative estimate of drug-likeness (QED) is 0.223. The molecule has 0 spiro atoms. The number of benzene rings is 3. The number of fused-ring (bicyclic) bond motifs is 3. The van der Waals surface area contributed by atoms with Crippen LogP contribution in [-0.2, 0) is 11.3 Å². The number of anilines is 1. The van der Waals surface area contributed by atoms with E-state index in [1.807, 2.05) is 48.7 Å². The number of nitrogens with zero attached hydrogens (tertiary/aromatic N) is 2. The van der Waals surface area contributed by atoms with Crippen molar-refractivity contribution in [2.45, 2.75) is 6.54 Å². The minimum Gasteiger partial charge on any atom is -0.493 e. The van der Waals surface area contributed by atoms with E-state index in [0.717, 1.165) is 38.8 Å². The zero-order valence-electron chi connectivity index (χ0n) is 21.4. The van der Waals surface area contributed by atoms with Crippen LogP contribution in [0.2, 0.25) is 0 Å². The molecule has 5 aromatic rings. The number of carbonyl (C=O) groups is 1. The summed E-state index contributed by atoms with van der Waals surface area (Å²) < 4.78 is 18.8. The number of para-hydroxylation sites is 1. The van der Waals surface area contributed by atoms with Crippen molar-refractivity contribution in [3.63, 3.8) is 0 Å². The Labute approximate surface area is 220 Å². The monoisotopic (exact) mass is 508 g/mol. The van der Waals surface area contributed by atoms with E-state index >= 15 is 0 Å². The first-order chi connectivity index (χ1) is 18.5. The van der Waals surface area contributed by atoms with Crippen molar-refractivity contribution >= 4 is 39.5 Å². The molecule has 2 heterocycles. The number of ether oxygens (including phenoxy) is 3. The van der Waals surface area contributed by atoms with Crippen LogP contribution in [0, 0.1) is 0 Å². The van der Waals surface area contributed by atoms with Gasteiger partial charge in [0.15, 0.2) is 11.5 Å². The zero-order valence-corrected chi connectivity index (χ0v) is 21.4. The molecule has 0 aliphatic carbocycles. The maximum Gasteiger partial charge on any atom is 0.244 e. The van der Waals surface area contributed by atoms with Crippen molar-refractivity contribution in [2.24, 2.45) is 0 Å². The molecular formula is C30H28N4O4. The van der Waals surface area contributed by atoms with Gasteiger partial charge in [0, 0.05) is 34.7 Å². The van der Waals surface area contributed by atoms with Crippen molar-refractivity contribution in [2.75, 3.05) is 27.1 Å². The fraction of sp³-hybridized carbons (Fsp3) is 0.133. The second-order valence-electron chi connectivity index (χ2n) is 8.65. The first-order valence-electron chi connectivity index (χ1n) is 12.0. The second kappa shape index (κ2) is 10.6. The molecule has 8 heteroatoms. The topological polar surface area (TPSA) is 101 Å². The van der Waals surface area contributed by atoms with Crippen LogP contribution in [0.3, 0.4) is 0 Å². The third-order valence-corrected chi connectivity index (χ3v) is 6.33. The summed E-state index contributed by atoms with van der Waals surface area (Å²) in [5, 5.41) is 4.99. The highest BCUT2D eigenvalue weighted by atomic mass is 16.5. The van der Waals surface area contributed by atoms with Crippen molar-refractivity contribution in [3.8, 4) is 22.9 Å². The standard InChI is InChI=1S/C30H28N4O4/c1-36-27-15-22(16-28(37-2)30(27)38-3)34-25-7-5-4-6-23(25)24-14-21(32-18-26(24)34)17-33-29(35)13-10-19-8-11-20(31)12-9-19/h4-16,18H,17,31H2,1-3H3,(H,33,35)/b13-10+. The predicted octanol–water partition coefficient (Wildman–Crippen LogP) is 5.12. The molecular weight excluding hydrogens is 480 g/mol. The first-order valence-corrected chi connectivity index (χ1v) is 12.0. The van der Waals surface area contributed by atoms with Crippen molar-refractivity contribution < 1.29 is 19.0 Å². The summed E-state index contributed by atoms with van der Waals surface area (Å²) in [4.78, 5) is 17.1. The minimum atomic E-state index is -0.205. The van der Waals surface area contributed by atoms with Gasteiger partial charge in [-0.1, -0.05) is 30.3 Å². The molecule has 0 bridgehead atoms. The van der Waals surface area contributed by atoms with E-state index in [2.05, 4.69) is 27.0 Å². The summed E-state index contributed by atoms with van der Waals surface area (Å²) in [5.74, 6) is 1.45. The normalized spacial score (nSPS) is 11.2. The maximum atomic E-state index is 12.4. The van der Waals surface area contributed by atoms with Crippen LogP contribution < -0.4 is 25.3 Å². The lowest BCUT2D eigenvalue weighted by molar-refractivity contribution is -0.116. The Morgan fingerprint density at radius 1 is 0.921 bits per heavy atom. The van der Waals surface area contributed by atoms with Gasteiger partial charge in [-0.3, -0.25) is 9.78 Å². The number of pyridine rings is 1. The third kappa shape index (κ3) is 4.71. The number of hydrogen-bond donors (Lipinski definition) is 2. The molecule has 192 valence electrons. The van der Waals surface area contributed by atoms with Gasteiger partial charge in [-0.15, -0.1) is 0 Å². The summed E-state index contributed by atoms with van der Waals surface area (Å²) in [6.45, 7) is 0.296. The van der Waals surface area contributed by atoms with E-state index in [4.69, 9.17) is 19.9 Å². The lowest BCUT2D eigenvalue weighted by Gasteiger charge is -2.16. The molecule has 0 atom stereocenters. The molecule has 0 radical (unpaired) electrons. The molecule has 38 heavy (non-hydrogen) atoms. The van der Waals surface area contributed by atoms with Gasteiger partial charge in [-0.25, -0.2) is 0 Å². The summed E-state index contributed by atoms with van der Waals surface area (Å²) in [7, 11) is 4.78. The molecule has 8 nitrogen and oxygen atoms in total. The SMILES string of the molecule is COc1cc(-n2c3ccccc3c3cc(CNC(=O)/C=C/c4ccc(N)cc4)ncc32)cc(OC)c1OC. The van der Waals surface area contributed by atoms with Crippen LogP contribution in [0.25, 0.3) is 33.6 Å². The number of hydrogen-bond acceptors (Lipinski definition) is 6. The third-order valence-electron chi connectivity index (χ3n) is 6.33. The number of carbonyl (C=O) groups excluding carboxylic acids is 1. The van der Waals surface area contributed by atoms with Gasteiger partial charge in [0.25, 0.3) is 0 Å². The fourth-order valence-corrected chi connectivity index (χ4v) is 4.50. The average Bonchev–Trinajstić information content (AvgIpc) is 3.28. The van der Waals surface area contributed by atoms with Gasteiger partial charge in [-0.2, -0.15) is 0 Å². The molecule has 0 aliphatic rings. The lowest BCUT2D eigenvalue weighted by Crippen LogP contribution is -2.20. The van der Waals surface area contributed by atoms with Crippen LogP contribution in [-0.4, -0.2) is 36.8 Å². The average molecular weight is 509 g/mol. The highest BCUT2D eigenvalue weighted by molar-refractivity contribution is 6.09. The number of nitrogens with two attached hydrogens (primary N) is 1. The van der Waals surface area contributed by atoms with E-state index in [9.17, 15) is 4.79 Å². The summed E-state index contributed by atoms with van der Waals surface area (Å²) >= 11 is 0. The predicted molar refractivity (Wildman–Crippen MR) is 150 cm³/mol. The number of aromatic nitrogens is 2. The Morgan fingerprint density at radius 3 is 2.32 bits per heavy atom. The van der Waals surface area contributed by atoms with E-state index in [1.165, 1.54) is 6.08 Å². The molecule has 1 amide bonds. The van der Waals surface area contributed by atoms with Crippen LogP contribution in [0.1, 0.15) is 11.3 Å². The van der Waals surface area contributed by atoms with E-state index in [-0.39, 0.29) is 5.91 Å². The molecule has 3 N–H and O–H groups in total. The molecule has 0 saturated heterocycles. The molecule has 0 unspecified atom stereocenters. The van der Waals surface area contributed by atoms with Gasteiger partial charge < -0.3 is 29.8 Å². The van der Waals surface area contributed by atoms with E-state index in [0.29, 0.717) is 29.5 Å². The van der Waals surface area contributed by atoms with Gasteiger partial charge in [0.1, 0.15) is 0 Å². The Kier molecular flexibility index (Phi) is 6.86. The minimum absolute atomic E-state index is 0.205. The van der Waals surface area contributed by atoms with Crippen molar-refractivity contribution in [1.29, 1.82) is 0 Å². The maximum absolute atomic E-state index is 12.4. The van der Waals surface area contributed by atoms with Crippen molar-refractivity contribution in [3.05, 3.63) is 90.3 Å². The zero-order chi connectivity index (χ0) is 26.6. The van der Waals surface area contributed by atoms with Gasteiger partial charge >= 0.3 is 0 Å². The van der Waals surface area contributed by atoms with Crippen LogP contribution in [0.15, 0.2) is 79.0 Å². The molecule has 0 saturated carbocycles. The number of nitrogens with one attached hydrogen (secondary N) is 1. The number of amides is 1. The number of rotatable bonds is 8. The molecule has 5 rings (SSSR count).